The summed E-state index contributed by atoms with van der Waals surface area (Å²) in [6.07, 6.45) is 0.820. The molecule has 0 fully saturated rings. The van der Waals surface area contributed by atoms with E-state index in [1.807, 2.05) is 0 Å². The van der Waals surface area contributed by atoms with Crippen molar-refractivity contribution in [2.45, 2.75) is 6.42 Å². The predicted molar refractivity (Wildman–Crippen MR) is 73.0 cm³/mol. The molecular formula is C8H10FI2NPb. The fraction of sp³-hybridized carbons (Fsp3) is 0.250. The van der Waals surface area contributed by atoms with Crippen LogP contribution in [0.25, 0.3) is 0 Å². The molecule has 0 saturated carbocycles. The molecule has 0 unspecified atom stereocenters. The van der Waals surface area contributed by atoms with Crippen LogP contribution in [-0.4, -0.2) is 22.2 Å². The van der Waals surface area contributed by atoms with Gasteiger partial charge in [-0.3, -0.25) is 0 Å². The Morgan fingerprint density at radius 3 is 2.08 bits per heavy atom. The summed E-state index contributed by atoms with van der Waals surface area (Å²) in [6, 6.07) is 6.40. The maximum absolute atomic E-state index is 12.3. The summed E-state index contributed by atoms with van der Waals surface area (Å²) in [6.45, 7) is 0.617. The van der Waals surface area contributed by atoms with Crippen LogP contribution in [0.15, 0.2) is 24.3 Å². The number of nitrogens with two attached hydrogens (primary N) is 1. The first-order valence-electron chi connectivity index (χ1n) is 3.65. The third-order valence-corrected chi connectivity index (χ3v) is 1.35. The summed E-state index contributed by atoms with van der Waals surface area (Å²) in [5, 5.41) is 0. The van der Waals surface area contributed by atoms with Gasteiger partial charge in [-0.2, -0.15) is 0 Å². The van der Waals surface area contributed by atoms with Gasteiger partial charge in [-0.1, -0.05) is 12.1 Å². The van der Waals surface area contributed by atoms with Gasteiger partial charge in [0.1, 0.15) is 5.82 Å². The normalized spacial score (nSPS) is 8.92. The molecule has 0 spiro atoms. The fourth-order valence-corrected chi connectivity index (χ4v) is 0.818. The Kier molecular flexibility index (Phi) is 11.2. The van der Waals surface area contributed by atoms with Gasteiger partial charge in [0.05, 0.1) is 0 Å². The van der Waals surface area contributed by atoms with E-state index in [-0.39, 0.29) is 21.5 Å². The Morgan fingerprint density at radius 1 is 1.23 bits per heavy atom. The number of benzene rings is 1. The van der Waals surface area contributed by atoms with Gasteiger partial charge in [-0.15, -0.1) is 0 Å². The first kappa shape index (κ1) is 14.5. The average molecular weight is 600 g/mol. The van der Waals surface area contributed by atoms with E-state index >= 15 is 0 Å². The third kappa shape index (κ3) is 8.48. The van der Waals surface area contributed by atoms with Crippen LogP contribution >= 0.6 is 35.5 Å². The van der Waals surface area contributed by atoms with Gasteiger partial charge >= 0.3 is 51.2 Å². The van der Waals surface area contributed by atoms with E-state index in [0.717, 1.165) is 12.0 Å². The summed E-state index contributed by atoms with van der Waals surface area (Å²) in [4.78, 5) is 0. The number of halogens is 3. The molecule has 13 heavy (non-hydrogen) atoms. The van der Waals surface area contributed by atoms with Crippen LogP contribution < -0.4 is 5.73 Å². The van der Waals surface area contributed by atoms with Gasteiger partial charge in [0.25, 0.3) is 0 Å². The van der Waals surface area contributed by atoms with E-state index in [1.165, 1.54) is 12.1 Å². The second kappa shape index (κ2) is 10.0. The number of rotatable bonds is 2. The minimum absolute atomic E-state index is 0.0233. The van der Waals surface area contributed by atoms with Gasteiger partial charge in [-0.05, 0) is 30.7 Å². The third-order valence-electron chi connectivity index (χ3n) is 1.35. The quantitative estimate of drug-likeness (QED) is 0.411. The zero-order chi connectivity index (χ0) is 10.1. The van der Waals surface area contributed by atoms with Crippen molar-refractivity contribution < 1.29 is 4.39 Å². The summed E-state index contributed by atoms with van der Waals surface area (Å²) in [5.41, 5.74) is 6.39. The van der Waals surface area contributed by atoms with E-state index in [0.29, 0.717) is 6.54 Å². The van der Waals surface area contributed by atoms with Gasteiger partial charge in [0, 0.05) is 0 Å². The monoisotopic (exact) mass is 601 g/mol. The van der Waals surface area contributed by atoms with Crippen molar-refractivity contribution in [1.82, 2.24) is 0 Å². The maximum atomic E-state index is 12.3. The predicted octanol–water partition coefficient (Wildman–Crippen LogP) is 2.72. The second-order valence-electron chi connectivity index (χ2n) is 2.24. The zero-order valence-electron chi connectivity index (χ0n) is 6.93. The van der Waals surface area contributed by atoms with Crippen LogP contribution in [-0.2, 0) is 6.42 Å². The average Bonchev–Trinajstić information content (AvgIpc) is 2.11. The summed E-state index contributed by atoms with van der Waals surface area (Å²) in [7, 11) is 0. The Hall–Kier alpha value is 1.49. The second-order valence-corrected chi connectivity index (χ2v) is 30.4. The van der Waals surface area contributed by atoms with E-state index in [4.69, 9.17) is 5.73 Å². The Bertz CT molecular complexity index is 218. The minimum atomic E-state index is -0.194. The van der Waals surface area contributed by atoms with Crippen LogP contribution in [0, 0.1) is 5.82 Å². The van der Waals surface area contributed by atoms with Crippen LogP contribution in [0.3, 0.4) is 0 Å². The van der Waals surface area contributed by atoms with Crippen molar-refractivity contribution in [3.05, 3.63) is 35.6 Å². The van der Waals surface area contributed by atoms with E-state index < -0.39 is 0 Å². The molecule has 1 aromatic rings. The van der Waals surface area contributed by atoms with Gasteiger partial charge in [0.2, 0.25) is 0 Å². The summed E-state index contributed by atoms with van der Waals surface area (Å²) in [5.74, 6) is -0.194. The van der Waals surface area contributed by atoms with E-state index in [9.17, 15) is 4.39 Å². The molecule has 2 radical (unpaired) electrons. The molecule has 2 N–H and O–H groups in total. The molecule has 1 aromatic carbocycles. The summed E-state index contributed by atoms with van der Waals surface area (Å²) >= 11 is 4.96. The summed E-state index contributed by atoms with van der Waals surface area (Å²) < 4.78 is 12.3. The molecule has 0 amide bonds. The molecule has 0 heterocycles. The van der Waals surface area contributed by atoms with Gasteiger partial charge in [0.15, 0.2) is 0 Å². The fourth-order valence-electron chi connectivity index (χ4n) is 0.818. The first-order valence-corrected chi connectivity index (χ1v) is 25.5. The Morgan fingerprint density at radius 2 is 1.69 bits per heavy atom. The number of hydrogen-bond donors (Lipinski definition) is 1. The van der Waals surface area contributed by atoms with Crippen LogP contribution in [0.5, 0.6) is 0 Å². The number of hydrogen-bond acceptors (Lipinski definition) is 1. The van der Waals surface area contributed by atoms with E-state index in [2.05, 4.69) is 35.5 Å². The van der Waals surface area contributed by atoms with Crippen molar-refractivity contribution in [2.75, 3.05) is 6.54 Å². The first-order chi connectivity index (χ1) is 6.24. The Balaban J connectivity index is 0.000000424. The van der Waals surface area contributed by atoms with Crippen LogP contribution in [0.1, 0.15) is 5.56 Å². The van der Waals surface area contributed by atoms with Crippen molar-refractivity contribution in [3.8, 4) is 0 Å². The molecule has 1 nitrogen and oxygen atoms in total. The van der Waals surface area contributed by atoms with Crippen molar-refractivity contribution in [1.29, 1.82) is 0 Å². The zero-order valence-corrected chi connectivity index (χ0v) is 15.1. The van der Waals surface area contributed by atoms with Crippen molar-refractivity contribution in [3.63, 3.8) is 0 Å². The molecular weight excluding hydrogens is 590 g/mol. The molecule has 0 saturated heterocycles. The van der Waals surface area contributed by atoms with Crippen LogP contribution in [0.2, 0.25) is 0 Å². The Labute approximate surface area is 108 Å². The SMILES string of the molecule is NCCc1ccc(F)cc1.[I][Pb][I]. The molecule has 0 aliphatic carbocycles. The molecule has 0 aliphatic rings. The van der Waals surface area contributed by atoms with Gasteiger partial charge < -0.3 is 5.73 Å². The van der Waals surface area contributed by atoms with Gasteiger partial charge in [-0.25, -0.2) is 4.39 Å². The topological polar surface area (TPSA) is 26.0 Å². The van der Waals surface area contributed by atoms with E-state index in [1.54, 1.807) is 12.1 Å². The molecule has 0 aromatic heterocycles. The van der Waals surface area contributed by atoms with Crippen LogP contribution in [0.4, 0.5) is 4.39 Å². The van der Waals surface area contributed by atoms with Crippen molar-refractivity contribution >= 4 is 51.2 Å². The molecule has 5 heteroatoms. The molecule has 72 valence electrons. The molecule has 0 bridgehead atoms. The standard InChI is InChI=1S/C8H10FN.2HI.Pb/c9-8-3-1-7(2-4-8)5-6-10;;;/h1-4H,5-6,10H2;2*1H;/q;;;+2/p-2. The van der Waals surface area contributed by atoms with Crippen molar-refractivity contribution in [2.24, 2.45) is 5.73 Å². The molecule has 0 aliphatic heterocycles. The molecule has 1 rings (SSSR count). The molecule has 0 atom stereocenters.